The summed E-state index contributed by atoms with van der Waals surface area (Å²) in [5.74, 6) is 0.866. The van der Waals surface area contributed by atoms with Crippen molar-refractivity contribution in [3.8, 4) is 0 Å². The van der Waals surface area contributed by atoms with Gasteiger partial charge in [-0.25, -0.2) is 0 Å². The number of fused-ring (bicyclic) bond motifs is 1. The van der Waals surface area contributed by atoms with Gasteiger partial charge in [0.1, 0.15) is 5.52 Å². The number of nitrogens with one attached hydrogen (secondary N) is 1. The Morgan fingerprint density at radius 3 is 2.95 bits per heavy atom. The summed E-state index contributed by atoms with van der Waals surface area (Å²) in [5, 5.41) is 14.9. The SMILES string of the molecule is O=[N+]([O-])c1ccc(NCCC2CC2)c2ncccc12. The summed E-state index contributed by atoms with van der Waals surface area (Å²) in [6, 6.07) is 6.76. The molecule has 0 bridgehead atoms. The Hall–Kier alpha value is -2.17. The molecule has 0 unspecified atom stereocenters. The highest BCUT2D eigenvalue weighted by Gasteiger charge is 2.20. The molecule has 1 saturated carbocycles. The Balaban J connectivity index is 1.91. The van der Waals surface area contributed by atoms with Crippen LogP contribution in [0.25, 0.3) is 10.9 Å². The third-order valence-electron chi connectivity index (χ3n) is 3.51. The number of hydrogen-bond acceptors (Lipinski definition) is 4. The van der Waals surface area contributed by atoms with Gasteiger partial charge in [0, 0.05) is 18.8 Å². The largest absolute Gasteiger partial charge is 0.383 e. The van der Waals surface area contributed by atoms with Gasteiger partial charge in [0.05, 0.1) is 16.0 Å². The van der Waals surface area contributed by atoms with E-state index in [-0.39, 0.29) is 10.6 Å². The van der Waals surface area contributed by atoms with E-state index in [9.17, 15) is 10.1 Å². The normalized spacial score (nSPS) is 14.5. The number of anilines is 1. The third-order valence-corrected chi connectivity index (χ3v) is 3.51. The van der Waals surface area contributed by atoms with Gasteiger partial charge < -0.3 is 5.32 Å². The maximum Gasteiger partial charge on any atom is 0.278 e. The molecule has 98 valence electrons. The van der Waals surface area contributed by atoms with Crippen LogP contribution in [0.2, 0.25) is 0 Å². The van der Waals surface area contributed by atoms with Gasteiger partial charge in [-0.1, -0.05) is 12.8 Å². The predicted molar refractivity (Wildman–Crippen MR) is 74.2 cm³/mol. The molecule has 3 rings (SSSR count). The molecule has 0 atom stereocenters. The fourth-order valence-electron chi connectivity index (χ4n) is 2.28. The van der Waals surface area contributed by atoms with Crippen LogP contribution in [-0.2, 0) is 0 Å². The zero-order valence-electron chi connectivity index (χ0n) is 10.5. The monoisotopic (exact) mass is 257 g/mol. The lowest BCUT2D eigenvalue weighted by Gasteiger charge is -2.08. The maximum atomic E-state index is 11.0. The van der Waals surface area contributed by atoms with Crippen molar-refractivity contribution in [2.24, 2.45) is 5.92 Å². The summed E-state index contributed by atoms with van der Waals surface area (Å²) in [6.07, 6.45) is 5.49. The second kappa shape index (κ2) is 4.84. The van der Waals surface area contributed by atoms with E-state index < -0.39 is 0 Å². The Morgan fingerprint density at radius 1 is 1.37 bits per heavy atom. The molecular weight excluding hydrogens is 242 g/mol. The standard InChI is InChI=1S/C14H15N3O2/c18-17(19)13-6-5-12(15-9-7-10-3-4-10)14-11(13)2-1-8-16-14/h1-2,5-6,8,10,15H,3-4,7,9H2. The number of rotatable bonds is 5. The quantitative estimate of drug-likeness (QED) is 0.658. The summed E-state index contributed by atoms with van der Waals surface area (Å²) >= 11 is 0. The van der Waals surface area contributed by atoms with Gasteiger partial charge in [0.2, 0.25) is 0 Å². The van der Waals surface area contributed by atoms with E-state index in [0.717, 1.165) is 24.6 Å². The molecule has 1 heterocycles. The Kier molecular flexibility index (Phi) is 3.03. The molecule has 1 aromatic carbocycles. The molecule has 1 fully saturated rings. The van der Waals surface area contributed by atoms with E-state index in [2.05, 4.69) is 10.3 Å². The molecule has 0 saturated heterocycles. The highest BCUT2D eigenvalue weighted by Crippen LogP contribution is 2.33. The summed E-state index contributed by atoms with van der Waals surface area (Å²) < 4.78 is 0. The van der Waals surface area contributed by atoms with Crippen LogP contribution in [0.4, 0.5) is 11.4 Å². The van der Waals surface area contributed by atoms with Crippen molar-refractivity contribution in [3.05, 3.63) is 40.6 Å². The average molecular weight is 257 g/mol. The molecule has 5 nitrogen and oxygen atoms in total. The van der Waals surface area contributed by atoms with Gasteiger partial charge in [0.25, 0.3) is 5.69 Å². The number of nitro groups is 1. The second-order valence-corrected chi connectivity index (χ2v) is 4.95. The molecule has 1 aliphatic rings. The van der Waals surface area contributed by atoms with Crippen molar-refractivity contribution in [3.63, 3.8) is 0 Å². The number of nitrogens with zero attached hydrogens (tertiary/aromatic N) is 2. The fourth-order valence-corrected chi connectivity index (χ4v) is 2.28. The highest BCUT2D eigenvalue weighted by atomic mass is 16.6. The molecule has 1 aliphatic carbocycles. The van der Waals surface area contributed by atoms with E-state index in [4.69, 9.17) is 0 Å². The van der Waals surface area contributed by atoms with E-state index in [1.54, 1.807) is 30.5 Å². The average Bonchev–Trinajstić information content (AvgIpc) is 3.22. The van der Waals surface area contributed by atoms with Crippen LogP contribution >= 0.6 is 0 Å². The van der Waals surface area contributed by atoms with Crippen molar-refractivity contribution in [1.82, 2.24) is 4.98 Å². The highest BCUT2D eigenvalue weighted by molar-refractivity contribution is 5.96. The predicted octanol–water partition coefficient (Wildman–Crippen LogP) is 3.36. The molecule has 2 aromatic rings. The van der Waals surface area contributed by atoms with Crippen LogP contribution in [0.5, 0.6) is 0 Å². The molecule has 0 spiro atoms. The van der Waals surface area contributed by atoms with Gasteiger partial charge in [-0.15, -0.1) is 0 Å². The molecule has 0 radical (unpaired) electrons. The molecule has 0 aliphatic heterocycles. The number of benzene rings is 1. The third kappa shape index (κ3) is 2.50. The Morgan fingerprint density at radius 2 is 2.21 bits per heavy atom. The van der Waals surface area contributed by atoms with Crippen molar-refractivity contribution < 1.29 is 4.92 Å². The lowest BCUT2D eigenvalue weighted by molar-refractivity contribution is -0.383. The van der Waals surface area contributed by atoms with Crippen LogP contribution in [0.1, 0.15) is 19.3 Å². The first kappa shape index (κ1) is 11.9. The molecule has 1 N–H and O–H groups in total. The summed E-state index contributed by atoms with van der Waals surface area (Å²) in [5.41, 5.74) is 1.66. The number of aromatic nitrogens is 1. The van der Waals surface area contributed by atoms with Crippen LogP contribution in [0.3, 0.4) is 0 Å². The molecule has 5 heteroatoms. The first-order valence-corrected chi connectivity index (χ1v) is 6.51. The molecule has 19 heavy (non-hydrogen) atoms. The maximum absolute atomic E-state index is 11.0. The lowest BCUT2D eigenvalue weighted by Crippen LogP contribution is -2.04. The van der Waals surface area contributed by atoms with E-state index in [1.165, 1.54) is 12.8 Å². The van der Waals surface area contributed by atoms with Gasteiger partial charge in [-0.3, -0.25) is 15.1 Å². The number of nitro benzene ring substituents is 1. The summed E-state index contributed by atoms with van der Waals surface area (Å²) in [4.78, 5) is 14.9. The van der Waals surface area contributed by atoms with Crippen molar-refractivity contribution in [2.75, 3.05) is 11.9 Å². The number of non-ortho nitro benzene ring substituents is 1. The summed E-state index contributed by atoms with van der Waals surface area (Å²) in [7, 11) is 0. The Labute approximate surface area is 110 Å². The second-order valence-electron chi connectivity index (χ2n) is 4.95. The van der Waals surface area contributed by atoms with E-state index in [0.29, 0.717) is 10.9 Å². The van der Waals surface area contributed by atoms with Gasteiger partial charge in [0.15, 0.2) is 0 Å². The first-order chi connectivity index (χ1) is 9.25. The van der Waals surface area contributed by atoms with Crippen molar-refractivity contribution in [1.29, 1.82) is 0 Å². The Bertz CT molecular complexity index is 623. The minimum absolute atomic E-state index is 0.107. The van der Waals surface area contributed by atoms with E-state index in [1.807, 2.05) is 0 Å². The lowest BCUT2D eigenvalue weighted by atomic mass is 10.1. The van der Waals surface area contributed by atoms with Crippen molar-refractivity contribution in [2.45, 2.75) is 19.3 Å². The number of hydrogen-bond donors (Lipinski definition) is 1. The summed E-state index contributed by atoms with van der Waals surface area (Å²) in [6.45, 7) is 0.897. The minimum Gasteiger partial charge on any atom is -0.383 e. The number of pyridine rings is 1. The molecule has 0 amide bonds. The molecular formula is C14H15N3O2. The van der Waals surface area contributed by atoms with Gasteiger partial charge in [-0.05, 0) is 30.5 Å². The van der Waals surface area contributed by atoms with Crippen LogP contribution in [0, 0.1) is 16.0 Å². The zero-order chi connectivity index (χ0) is 13.2. The van der Waals surface area contributed by atoms with Gasteiger partial charge in [-0.2, -0.15) is 0 Å². The smallest absolute Gasteiger partial charge is 0.278 e. The topological polar surface area (TPSA) is 68.1 Å². The van der Waals surface area contributed by atoms with E-state index >= 15 is 0 Å². The zero-order valence-corrected chi connectivity index (χ0v) is 10.5. The van der Waals surface area contributed by atoms with Crippen molar-refractivity contribution >= 4 is 22.3 Å². The molecule has 1 aromatic heterocycles. The van der Waals surface area contributed by atoms with Crippen LogP contribution in [-0.4, -0.2) is 16.5 Å². The van der Waals surface area contributed by atoms with Crippen LogP contribution < -0.4 is 5.32 Å². The fraction of sp³-hybridized carbons (Fsp3) is 0.357. The minimum atomic E-state index is -0.363. The van der Waals surface area contributed by atoms with Crippen LogP contribution in [0.15, 0.2) is 30.5 Å². The van der Waals surface area contributed by atoms with Gasteiger partial charge >= 0.3 is 0 Å². The first-order valence-electron chi connectivity index (χ1n) is 6.51.